The average molecular weight is 173 g/mol. The van der Waals surface area contributed by atoms with Gasteiger partial charge in [-0.05, 0) is 19.9 Å². The van der Waals surface area contributed by atoms with E-state index in [2.05, 4.69) is 24.2 Å². The van der Waals surface area contributed by atoms with E-state index in [0.29, 0.717) is 0 Å². The Morgan fingerprint density at radius 1 is 1.15 bits per heavy atom. The molecule has 0 bridgehead atoms. The highest BCUT2D eigenvalue weighted by molar-refractivity contribution is 5.59. The van der Waals surface area contributed by atoms with E-state index in [1.54, 1.807) is 0 Å². The number of aromatic nitrogens is 1. The predicted octanol–water partition coefficient (Wildman–Crippen LogP) is 2.96. The van der Waals surface area contributed by atoms with Crippen LogP contribution < -0.4 is 0 Å². The van der Waals surface area contributed by atoms with Gasteiger partial charge in [-0.25, -0.2) is 0 Å². The summed E-state index contributed by atoms with van der Waals surface area (Å²) in [7, 11) is 0. The van der Waals surface area contributed by atoms with Crippen molar-refractivity contribution < 1.29 is 4.52 Å². The Hall–Kier alpha value is -1.57. The third kappa shape index (κ3) is 1.61. The van der Waals surface area contributed by atoms with E-state index in [4.69, 9.17) is 4.52 Å². The molecule has 13 heavy (non-hydrogen) atoms. The first-order valence-electron chi connectivity index (χ1n) is 4.26. The second kappa shape index (κ2) is 3.05. The Balaban J connectivity index is 2.46. The maximum Gasteiger partial charge on any atom is 0.134 e. The van der Waals surface area contributed by atoms with Gasteiger partial charge in [-0.3, -0.25) is 0 Å². The largest absolute Gasteiger partial charge is 0.361 e. The van der Waals surface area contributed by atoms with E-state index in [1.165, 1.54) is 5.56 Å². The molecule has 0 amide bonds. The lowest BCUT2D eigenvalue weighted by molar-refractivity contribution is 0.399. The highest BCUT2D eigenvalue weighted by Gasteiger charge is 2.02. The van der Waals surface area contributed by atoms with Gasteiger partial charge in [0.1, 0.15) is 11.5 Å². The molecule has 0 saturated carbocycles. The van der Waals surface area contributed by atoms with Gasteiger partial charge >= 0.3 is 0 Å². The van der Waals surface area contributed by atoms with Crippen LogP contribution in [-0.2, 0) is 0 Å². The third-order valence-corrected chi connectivity index (χ3v) is 1.94. The van der Waals surface area contributed by atoms with Crippen molar-refractivity contribution in [1.29, 1.82) is 0 Å². The molecular formula is C11H11NO. The van der Waals surface area contributed by atoms with Gasteiger partial charge in [0.15, 0.2) is 0 Å². The van der Waals surface area contributed by atoms with Crippen LogP contribution in [0.3, 0.4) is 0 Å². The molecule has 1 aromatic heterocycles. The van der Waals surface area contributed by atoms with Gasteiger partial charge < -0.3 is 4.52 Å². The van der Waals surface area contributed by atoms with Crippen molar-refractivity contribution in [3.63, 3.8) is 0 Å². The summed E-state index contributed by atoms with van der Waals surface area (Å²) in [6.07, 6.45) is 0. The van der Waals surface area contributed by atoms with Crippen molar-refractivity contribution in [2.75, 3.05) is 0 Å². The minimum absolute atomic E-state index is 0.844. The summed E-state index contributed by atoms with van der Waals surface area (Å²) in [6.45, 7) is 3.96. The summed E-state index contributed by atoms with van der Waals surface area (Å²) in [5, 5.41) is 3.95. The minimum atomic E-state index is 0.844. The first-order valence-corrected chi connectivity index (χ1v) is 4.26. The monoisotopic (exact) mass is 173 g/mol. The molecule has 0 fully saturated rings. The van der Waals surface area contributed by atoms with Crippen LogP contribution in [0.5, 0.6) is 0 Å². The molecule has 66 valence electrons. The van der Waals surface area contributed by atoms with Crippen LogP contribution >= 0.6 is 0 Å². The Kier molecular flexibility index (Phi) is 1.89. The molecule has 0 aliphatic rings. The zero-order chi connectivity index (χ0) is 9.26. The summed E-state index contributed by atoms with van der Waals surface area (Å²) in [6, 6.07) is 10.2. The number of rotatable bonds is 1. The summed E-state index contributed by atoms with van der Waals surface area (Å²) in [5.74, 6) is 0.844. The molecule has 0 spiro atoms. The Morgan fingerprint density at radius 2 is 2.00 bits per heavy atom. The quantitative estimate of drug-likeness (QED) is 0.662. The molecular weight excluding hydrogens is 162 g/mol. The van der Waals surface area contributed by atoms with E-state index in [1.807, 2.05) is 25.1 Å². The molecule has 1 heterocycles. The minimum Gasteiger partial charge on any atom is -0.361 e. The van der Waals surface area contributed by atoms with Gasteiger partial charge in [-0.15, -0.1) is 0 Å². The third-order valence-electron chi connectivity index (χ3n) is 1.94. The van der Waals surface area contributed by atoms with Crippen molar-refractivity contribution in [3.05, 3.63) is 41.7 Å². The van der Waals surface area contributed by atoms with Gasteiger partial charge in [0, 0.05) is 11.6 Å². The van der Waals surface area contributed by atoms with Crippen LogP contribution in [0.2, 0.25) is 0 Å². The fourth-order valence-corrected chi connectivity index (χ4v) is 1.31. The van der Waals surface area contributed by atoms with Crippen LogP contribution in [-0.4, -0.2) is 5.16 Å². The fourth-order valence-electron chi connectivity index (χ4n) is 1.31. The number of benzene rings is 1. The highest BCUT2D eigenvalue weighted by Crippen LogP contribution is 2.19. The molecule has 0 radical (unpaired) electrons. The summed E-state index contributed by atoms with van der Waals surface area (Å²) in [4.78, 5) is 0. The number of hydrogen-bond donors (Lipinski definition) is 0. The van der Waals surface area contributed by atoms with Gasteiger partial charge in [0.2, 0.25) is 0 Å². The first kappa shape index (κ1) is 8.05. The lowest BCUT2D eigenvalue weighted by Crippen LogP contribution is -1.77. The van der Waals surface area contributed by atoms with Crippen LogP contribution in [0.25, 0.3) is 11.3 Å². The van der Waals surface area contributed by atoms with Gasteiger partial charge in [0.25, 0.3) is 0 Å². The van der Waals surface area contributed by atoms with Crippen LogP contribution in [0.1, 0.15) is 11.3 Å². The summed E-state index contributed by atoms with van der Waals surface area (Å²) < 4.78 is 5.01. The van der Waals surface area contributed by atoms with Crippen molar-refractivity contribution >= 4 is 0 Å². The maximum atomic E-state index is 5.01. The SMILES string of the molecule is Cc1cccc(-c2cc(C)on2)c1. The van der Waals surface area contributed by atoms with Crippen LogP contribution in [0.15, 0.2) is 34.9 Å². The average Bonchev–Trinajstić information content (AvgIpc) is 2.52. The molecule has 0 aliphatic carbocycles. The highest BCUT2D eigenvalue weighted by atomic mass is 16.5. The van der Waals surface area contributed by atoms with Crippen LogP contribution in [0, 0.1) is 13.8 Å². The molecule has 2 aromatic rings. The smallest absolute Gasteiger partial charge is 0.134 e. The molecule has 1 aromatic carbocycles. The molecule has 0 saturated heterocycles. The maximum absolute atomic E-state index is 5.01. The van der Waals surface area contributed by atoms with Gasteiger partial charge in [0.05, 0.1) is 0 Å². The molecule has 2 rings (SSSR count). The van der Waals surface area contributed by atoms with Crippen molar-refractivity contribution in [2.24, 2.45) is 0 Å². The van der Waals surface area contributed by atoms with Crippen molar-refractivity contribution in [1.82, 2.24) is 5.16 Å². The lowest BCUT2D eigenvalue weighted by atomic mass is 10.1. The summed E-state index contributed by atoms with van der Waals surface area (Å²) >= 11 is 0. The molecule has 2 heteroatoms. The van der Waals surface area contributed by atoms with Crippen LogP contribution in [0.4, 0.5) is 0 Å². The summed E-state index contributed by atoms with van der Waals surface area (Å²) in [5.41, 5.74) is 3.25. The Labute approximate surface area is 77.2 Å². The topological polar surface area (TPSA) is 26.0 Å². The number of aryl methyl sites for hydroxylation is 2. The predicted molar refractivity (Wildman–Crippen MR) is 51.4 cm³/mol. The zero-order valence-electron chi connectivity index (χ0n) is 7.74. The van der Waals surface area contributed by atoms with E-state index in [0.717, 1.165) is 17.0 Å². The Morgan fingerprint density at radius 3 is 2.62 bits per heavy atom. The van der Waals surface area contributed by atoms with Crippen molar-refractivity contribution in [3.8, 4) is 11.3 Å². The second-order valence-corrected chi connectivity index (χ2v) is 3.19. The molecule has 2 nitrogen and oxygen atoms in total. The lowest BCUT2D eigenvalue weighted by Gasteiger charge is -1.95. The first-order chi connectivity index (χ1) is 6.25. The van der Waals surface area contributed by atoms with Gasteiger partial charge in [-0.1, -0.05) is 28.9 Å². The molecule has 0 aliphatic heterocycles. The van der Waals surface area contributed by atoms with E-state index < -0.39 is 0 Å². The van der Waals surface area contributed by atoms with E-state index in [9.17, 15) is 0 Å². The molecule has 0 unspecified atom stereocenters. The Bertz CT molecular complexity index is 418. The number of nitrogens with zero attached hydrogens (tertiary/aromatic N) is 1. The number of hydrogen-bond acceptors (Lipinski definition) is 2. The molecule has 0 N–H and O–H groups in total. The molecule has 0 atom stereocenters. The normalized spacial score (nSPS) is 10.3. The van der Waals surface area contributed by atoms with Gasteiger partial charge in [-0.2, -0.15) is 0 Å². The second-order valence-electron chi connectivity index (χ2n) is 3.19. The zero-order valence-corrected chi connectivity index (χ0v) is 7.74. The fraction of sp³-hybridized carbons (Fsp3) is 0.182. The van der Waals surface area contributed by atoms with E-state index in [-0.39, 0.29) is 0 Å². The van der Waals surface area contributed by atoms with Crippen molar-refractivity contribution in [2.45, 2.75) is 13.8 Å². The standard InChI is InChI=1S/C11H11NO/c1-8-4-3-5-10(6-8)11-7-9(2)13-12-11/h3-7H,1-2H3. The van der Waals surface area contributed by atoms with E-state index >= 15 is 0 Å².